The van der Waals surface area contributed by atoms with Crippen molar-refractivity contribution in [2.75, 3.05) is 0 Å². The molecule has 0 amide bonds. The van der Waals surface area contributed by atoms with Crippen LogP contribution in [-0.4, -0.2) is 0 Å². The molecule has 0 fully saturated rings. The van der Waals surface area contributed by atoms with Gasteiger partial charge in [0.15, 0.2) is 0 Å². The van der Waals surface area contributed by atoms with Gasteiger partial charge < -0.3 is 0 Å². The molecule has 96 valence electrons. The average Bonchev–Trinajstić information content (AvgIpc) is 2.48. The summed E-state index contributed by atoms with van der Waals surface area (Å²) in [5.41, 5.74) is 3.34. The molecule has 0 aliphatic rings. The molecule has 0 atom stereocenters. The number of rotatable bonds is 4. The molecule has 0 heterocycles. The zero-order chi connectivity index (χ0) is 13.7. The van der Waals surface area contributed by atoms with Gasteiger partial charge in [-0.2, -0.15) is 5.26 Å². The Morgan fingerprint density at radius 2 is 1.74 bits per heavy atom. The van der Waals surface area contributed by atoms with Gasteiger partial charge in [-0.1, -0.05) is 37.7 Å². The van der Waals surface area contributed by atoms with Crippen LogP contribution < -0.4 is 0 Å². The van der Waals surface area contributed by atoms with E-state index in [-0.39, 0.29) is 0 Å². The first-order valence-corrected chi connectivity index (χ1v) is 7.38. The highest BCUT2D eigenvalue weighted by atomic mass is 32.2. The number of aryl methyl sites for hydroxylation is 2. The summed E-state index contributed by atoms with van der Waals surface area (Å²) in [4.78, 5) is 2.49. The van der Waals surface area contributed by atoms with Crippen molar-refractivity contribution in [3.05, 3.63) is 59.2 Å². The summed E-state index contributed by atoms with van der Waals surface area (Å²) >= 11 is 1.77. The van der Waals surface area contributed by atoms with Crippen LogP contribution in [0.15, 0.2) is 52.3 Å². The number of nitrogens with zero attached hydrogens (tertiary/aromatic N) is 1. The van der Waals surface area contributed by atoms with Crippen LogP contribution in [0.5, 0.6) is 0 Å². The monoisotopic (exact) mass is 267 g/mol. The van der Waals surface area contributed by atoms with E-state index in [0.717, 1.165) is 18.4 Å². The number of hydrogen-bond donors (Lipinski definition) is 0. The Kier molecular flexibility index (Phi) is 4.65. The van der Waals surface area contributed by atoms with Gasteiger partial charge in [0.2, 0.25) is 0 Å². The third-order valence-corrected chi connectivity index (χ3v) is 4.26. The van der Waals surface area contributed by atoms with Gasteiger partial charge in [-0.05, 0) is 54.3 Å². The third kappa shape index (κ3) is 3.39. The molecular weight excluding hydrogens is 250 g/mol. The van der Waals surface area contributed by atoms with E-state index in [1.807, 2.05) is 12.1 Å². The van der Waals surface area contributed by atoms with Crippen molar-refractivity contribution < 1.29 is 0 Å². The molecule has 2 aromatic rings. The smallest absolute Gasteiger partial charge is 0.0991 e. The summed E-state index contributed by atoms with van der Waals surface area (Å²) in [5, 5.41) is 8.94. The van der Waals surface area contributed by atoms with E-state index in [2.05, 4.69) is 50.2 Å². The topological polar surface area (TPSA) is 23.8 Å². The van der Waals surface area contributed by atoms with E-state index >= 15 is 0 Å². The molecule has 0 N–H and O–H groups in total. The molecule has 0 saturated heterocycles. The van der Waals surface area contributed by atoms with Crippen LogP contribution >= 0.6 is 11.8 Å². The molecule has 0 unspecified atom stereocenters. The van der Waals surface area contributed by atoms with Crippen LogP contribution in [0.4, 0.5) is 0 Å². The molecule has 2 rings (SSSR count). The molecule has 0 spiro atoms. The highest BCUT2D eigenvalue weighted by molar-refractivity contribution is 7.99. The van der Waals surface area contributed by atoms with E-state index in [9.17, 15) is 0 Å². The Bertz CT molecular complexity index is 594. The van der Waals surface area contributed by atoms with Crippen molar-refractivity contribution >= 4 is 11.8 Å². The lowest BCUT2D eigenvalue weighted by Gasteiger charge is -2.08. The average molecular weight is 267 g/mol. The van der Waals surface area contributed by atoms with E-state index in [0.29, 0.717) is 0 Å². The molecule has 0 aliphatic heterocycles. The van der Waals surface area contributed by atoms with Crippen LogP contribution in [-0.2, 0) is 12.8 Å². The van der Waals surface area contributed by atoms with Crippen LogP contribution in [0.25, 0.3) is 0 Å². The molecule has 0 radical (unpaired) electrons. The maximum atomic E-state index is 8.94. The first kappa shape index (κ1) is 13.7. The molecule has 19 heavy (non-hydrogen) atoms. The zero-order valence-corrected chi connectivity index (χ0v) is 12.1. The lowest BCUT2D eigenvalue weighted by atomic mass is 10.1. The van der Waals surface area contributed by atoms with E-state index in [1.165, 1.54) is 20.9 Å². The number of nitriles is 1. The largest absolute Gasteiger partial charge is 0.192 e. The summed E-state index contributed by atoms with van der Waals surface area (Å²) in [6.07, 6.45) is 2.02. The van der Waals surface area contributed by atoms with Crippen molar-refractivity contribution in [1.82, 2.24) is 0 Å². The van der Waals surface area contributed by atoms with Crippen molar-refractivity contribution in [2.45, 2.75) is 36.5 Å². The van der Waals surface area contributed by atoms with Crippen LogP contribution in [0.2, 0.25) is 0 Å². The molecule has 1 nitrogen and oxygen atoms in total. The minimum atomic E-state index is 0.738. The first-order valence-electron chi connectivity index (χ1n) is 6.56. The lowest BCUT2D eigenvalue weighted by molar-refractivity contribution is 1.08. The summed E-state index contributed by atoms with van der Waals surface area (Å²) in [6.45, 7) is 4.29. The van der Waals surface area contributed by atoms with Gasteiger partial charge in [0.05, 0.1) is 11.6 Å². The molecule has 0 bridgehead atoms. The number of hydrogen-bond acceptors (Lipinski definition) is 2. The quantitative estimate of drug-likeness (QED) is 0.792. The minimum Gasteiger partial charge on any atom is -0.192 e. The maximum Gasteiger partial charge on any atom is 0.0991 e. The highest BCUT2D eigenvalue weighted by Gasteiger charge is 2.04. The van der Waals surface area contributed by atoms with E-state index in [1.54, 1.807) is 11.8 Å². The molecular formula is C17H17NS. The molecule has 2 aromatic carbocycles. The predicted octanol–water partition coefficient (Wildman–Crippen LogP) is 4.83. The van der Waals surface area contributed by atoms with Crippen LogP contribution in [0.1, 0.15) is 30.5 Å². The van der Waals surface area contributed by atoms with Crippen molar-refractivity contribution in [1.29, 1.82) is 5.26 Å². The van der Waals surface area contributed by atoms with Crippen molar-refractivity contribution in [2.24, 2.45) is 0 Å². The second-order valence-corrected chi connectivity index (χ2v) is 5.50. The number of benzene rings is 2. The SMILES string of the molecule is CCc1ccc(Sc2ccc(C#N)cc2CC)cc1. The maximum absolute atomic E-state index is 8.94. The van der Waals surface area contributed by atoms with Gasteiger partial charge in [-0.3, -0.25) is 0 Å². The fourth-order valence-electron chi connectivity index (χ4n) is 1.95. The molecule has 0 saturated carbocycles. The van der Waals surface area contributed by atoms with Crippen molar-refractivity contribution in [3.63, 3.8) is 0 Å². The minimum absolute atomic E-state index is 0.738. The van der Waals surface area contributed by atoms with Gasteiger partial charge in [0.25, 0.3) is 0 Å². The van der Waals surface area contributed by atoms with Gasteiger partial charge in [-0.25, -0.2) is 0 Å². The fraction of sp³-hybridized carbons (Fsp3) is 0.235. The van der Waals surface area contributed by atoms with Gasteiger partial charge in [-0.15, -0.1) is 0 Å². The van der Waals surface area contributed by atoms with Crippen LogP contribution in [0.3, 0.4) is 0 Å². The summed E-state index contributed by atoms with van der Waals surface area (Å²) in [7, 11) is 0. The summed E-state index contributed by atoms with van der Waals surface area (Å²) in [6, 6.07) is 16.8. The normalized spacial score (nSPS) is 10.2. The summed E-state index contributed by atoms with van der Waals surface area (Å²) < 4.78 is 0. The molecule has 0 aromatic heterocycles. The van der Waals surface area contributed by atoms with Gasteiger partial charge >= 0.3 is 0 Å². The zero-order valence-electron chi connectivity index (χ0n) is 11.3. The van der Waals surface area contributed by atoms with Gasteiger partial charge in [0.1, 0.15) is 0 Å². The second kappa shape index (κ2) is 6.45. The Hall–Kier alpha value is -1.72. The van der Waals surface area contributed by atoms with Crippen LogP contribution in [0, 0.1) is 11.3 Å². The Balaban J connectivity index is 2.24. The predicted molar refractivity (Wildman–Crippen MR) is 80.5 cm³/mol. The second-order valence-electron chi connectivity index (χ2n) is 4.39. The van der Waals surface area contributed by atoms with E-state index < -0.39 is 0 Å². The lowest BCUT2D eigenvalue weighted by Crippen LogP contribution is -1.87. The standard InChI is InChI=1S/C17H17NS/c1-3-13-5-8-16(9-6-13)19-17-10-7-14(12-18)11-15(17)4-2/h5-11H,3-4H2,1-2H3. The fourth-order valence-corrected chi connectivity index (χ4v) is 2.94. The Morgan fingerprint density at radius 3 is 2.32 bits per heavy atom. The van der Waals surface area contributed by atoms with Crippen molar-refractivity contribution in [3.8, 4) is 6.07 Å². The molecule has 2 heteroatoms. The summed E-state index contributed by atoms with van der Waals surface area (Å²) in [5.74, 6) is 0. The molecule has 0 aliphatic carbocycles. The first-order chi connectivity index (χ1) is 9.26. The Morgan fingerprint density at radius 1 is 1.00 bits per heavy atom. The Labute approximate surface area is 119 Å². The third-order valence-electron chi connectivity index (χ3n) is 3.13. The van der Waals surface area contributed by atoms with E-state index in [4.69, 9.17) is 5.26 Å². The van der Waals surface area contributed by atoms with Gasteiger partial charge in [0, 0.05) is 9.79 Å². The highest BCUT2D eigenvalue weighted by Crippen LogP contribution is 2.31.